The number of nitrogens with one attached hydrogen (secondary N) is 1. The van der Waals surface area contributed by atoms with Gasteiger partial charge in [0.05, 0.1) is 7.11 Å². The quantitative estimate of drug-likeness (QED) is 0.894. The van der Waals surface area contributed by atoms with Crippen LogP contribution in [-0.2, 0) is 11.2 Å². The van der Waals surface area contributed by atoms with Crippen molar-refractivity contribution in [3.05, 3.63) is 29.8 Å². The van der Waals surface area contributed by atoms with Gasteiger partial charge in [-0.2, -0.15) is 0 Å². The molecule has 1 N–H and O–H groups in total. The van der Waals surface area contributed by atoms with E-state index in [9.17, 15) is 4.79 Å². The standard InChI is InChI=1S/C20H29NO3/c1-19(2,3)24-18(22)21-17-13-15(20(17)10-5-11-20)12-14-6-8-16(23-4)9-7-14/h6-9,15,17H,5,10-13H2,1-4H3,(H,21,22). The van der Waals surface area contributed by atoms with E-state index in [2.05, 4.69) is 17.4 Å². The number of amides is 1. The van der Waals surface area contributed by atoms with Gasteiger partial charge in [0, 0.05) is 6.04 Å². The second-order valence-electron chi connectivity index (χ2n) is 8.27. The van der Waals surface area contributed by atoms with Crippen molar-refractivity contribution in [2.24, 2.45) is 11.3 Å². The lowest BCUT2D eigenvalue weighted by molar-refractivity contribution is -0.0887. The zero-order chi connectivity index (χ0) is 17.4. The van der Waals surface area contributed by atoms with Crippen LogP contribution in [0.15, 0.2) is 24.3 Å². The Bertz CT molecular complexity index is 584. The van der Waals surface area contributed by atoms with Crippen LogP contribution in [0.25, 0.3) is 0 Å². The number of ether oxygens (including phenoxy) is 2. The number of benzene rings is 1. The molecule has 2 aliphatic carbocycles. The summed E-state index contributed by atoms with van der Waals surface area (Å²) in [5.74, 6) is 1.55. The van der Waals surface area contributed by atoms with Crippen molar-refractivity contribution in [1.82, 2.24) is 5.32 Å². The molecule has 3 rings (SSSR count). The first-order valence-corrected chi connectivity index (χ1v) is 8.95. The molecule has 2 atom stereocenters. The lowest BCUT2D eigenvalue weighted by atomic mass is 9.46. The van der Waals surface area contributed by atoms with Crippen molar-refractivity contribution < 1.29 is 14.3 Å². The summed E-state index contributed by atoms with van der Waals surface area (Å²) in [6.45, 7) is 5.71. The van der Waals surface area contributed by atoms with E-state index in [1.54, 1.807) is 7.11 Å². The summed E-state index contributed by atoms with van der Waals surface area (Å²) >= 11 is 0. The molecule has 24 heavy (non-hydrogen) atoms. The highest BCUT2D eigenvalue weighted by Crippen LogP contribution is 2.60. The van der Waals surface area contributed by atoms with Crippen molar-refractivity contribution >= 4 is 6.09 Å². The van der Waals surface area contributed by atoms with Gasteiger partial charge in [-0.25, -0.2) is 4.79 Å². The SMILES string of the molecule is COc1ccc(CC2CC(NC(=O)OC(C)(C)C)C23CCC3)cc1. The maximum atomic E-state index is 12.1. The van der Waals surface area contributed by atoms with E-state index in [1.807, 2.05) is 32.9 Å². The zero-order valence-corrected chi connectivity index (χ0v) is 15.2. The molecule has 4 heteroatoms. The van der Waals surface area contributed by atoms with E-state index in [0.717, 1.165) is 18.6 Å². The number of carbonyl (C=O) groups excluding carboxylic acids is 1. The first-order chi connectivity index (χ1) is 11.3. The number of rotatable bonds is 4. The van der Waals surface area contributed by atoms with Gasteiger partial charge in [-0.15, -0.1) is 0 Å². The van der Waals surface area contributed by atoms with Crippen LogP contribution in [0, 0.1) is 11.3 Å². The van der Waals surface area contributed by atoms with Gasteiger partial charge in [0.25, 0.3) is 0 Å². The molecule has 2 fully saturated rings. The Labute approximate surface area is 144 Å². The number of hydrogen-bond donors (Lipinski definition) is 1. The smallest absolute Gasteiger partial charge is 0.407 e. The van der Waals surface area contributed by atoms with Crippen molar-refractivity contribution in [2.45, 2.75) is 64.5 Å². The molecule has 2 saturated carbocycles. The predicted molar refractivity (Wildman–Crippen MR) is 94.2 cm³/mol. The van der Waals surface area contributed by atoms with Crippen LogP contribution < -0.4 is 10.1 Å². The molecule has 0 heterocycles. The number of carbonyl (C=O) groups is 1. The van der Waals surface area contributed by atoms with E-state index >= 15 is 0 Å². The minimum Gasteiger partial charge on any atom is -0.497 e. The monoisotopic (exact) mass is 331 g/mol. The third kappa shape index (κ3) is 3.38. The van der Waals surface area contributed by atoms with Crippen molar-refractivity contribution in [2.75, 3.05) is 7.11 Å². The van der Waals surface area contributed by atoms with Gasteiger partial charge in [-0.1, -0.05) is 18.6 Å². The Kier molecular flexibility index (Phi) is 4.50. The minimum atomic E-state index is -0.441. The summed E-state index contributed by atoms with van der Waals surface area (Å²) in [6.07, 6.45) is 5.55. The fourth-order valence-electron chi connectivity index (χ4n) is 4.20. The first kappa shape index (κ1) is 17.1. The Balaban J connectivity index is 1.58. The highest BCUT2D eigenvalue weighted by atomic mass is 16.6. The average Bonchev–Trinajstić information content (AvgIpc) is 2.43. The Morgan fingerprint density at radius 2 is 1.92 bits per heavy atom. The molecule has 0 saturated heterocycles. The summed E-state index contributed by atoms with van der Waals surface area (Å²) in [4.78, 5) is 12.1. The molecule has 0 aromatic heterocycles. The van der Waals surface area contributed by atoms with E-state index in [1.165, 1.54) is 24.8 Å². The molecule has 132 valence electrons. The van der Waals surface area contributed by atoms with Crippen LogP contribution >= 0.6 is 0 Å². The largest absolute Gasteiger partial charge is 0.497 e. The molecular weight excluding hydrogens is 302 g/mol. The minimum absolute atomic E-state index is 0.268. The molecule has 0 radical (unpaired) electrons. The summed E-state index contributed by atoms with van der Waals surface area (Å²) in [6, 6.07) is 8.62. The topological polar surface area (TPSA) is 47.6 Å². The van der Waals surface area contributed by atoms with E-state index in [0.29, 0.717) is 5.92 Å². The fourth-order valence-corrected chi connectivity index (χ4v) is 4.20. The second kappa shape index (κ2) is 6.30. The molecule has 1 aromatic rings. The predicted octanol–water partition coefficient (Wildman–Crippen LogP) is 4.32. The van der Waals surface area contributed by atoms with Crippen LogP contribution in [0.3, 0.4) is 0 Å². The van der Waals surface area contributed by atoms with E-state index in [4.69, 9.17) is 9.47 Å². The highest BCUT2D eigenvalue weighted by molar-refractivity contribution is 5.68. The van der Waals surface area contributed by atoms with Crippen LogP contribution in [-0.4, -0.2) is 24.8 Å². The van der Waals surface area contributed by atoms with Gasteiger partial charge < -0.3 is 14.8 Å². The van der Waals surface area contributed by atoms with Crippen molar-refractivity contribution in [3.63, 3.8) is 0 Å². The Morgan fingerprint density at radius 3 is 2.42 bits per heavy atom. The van der Waals surface area contributed by atoms with E-state index < -0.39 is 5.60 Å². The Morgan fingerprint density at radius 1 is 1.25 bits per heavy atom. The van der Waals surface area contributed by atoms with Gasteiger partial charge in [0.15, 0.2) is 0 Å². The van der Waals surface area contributed by atoms with Gasteiger partial charge in [0.2, 0.25) is 0 Å². The van der Waals surface area contributed by atoms with Crippen LogP contribution in [0.1, 0.15) is 52.0 Å². The highest BCUT2D eigenvalue weighted by Gasteiger charge is 2.58. The van der Waals surface area contributed by atoms with Crippen LogP contribution in [0.4, 0.5) is 4.79 Å². The molecule has 1 spiro atoms. The molecule has 0 bridgehead atoms. The van der Waals surface area contributed by atoms with Crippen molar-refractivity contribution in [1.29, 1.82) is 0 Å². The molecular formula is C20H29NO3. The van der Waals surface area contributed by atoms with Crippen molar-refractivity contribution in [3.8, 4) is 5.75 Å². The normalized spacial score (nSPS) is 24.7. The third-order valence-corrected chi connectivity index (χ3v) is 5.64. The zero-order valence-electron chi connectivity index (χ0n) is 15.2. The van der Waals surface area contributed by atoms with Gasteiger partial charge in [-0.3, -0.25) is 0 Å². The molecule has 2 unspecified atom stereocenters. The number of methoxy groups -OCH3 is 1. The molecule has 1 amide bonds. The Hall–Kier alpha value is -1.71. The maximum absolute atomic E-state index is 12.1. The lowest BCUT2D eigenvalue weighted by Gasteiger charge is -2.62. The molecule has 2 aliphatic rings. The average molecular weight is 331 g/mol. The summed E-state index contributed by atoms with van der Waals surface area (Å²) in [7, 11) is 1.69. The van der Waals surface area contributed by atoms with Gasteiger partial charge in [-0.05, 0) is 75.5 Å². The maximum Gasteiger partial charge on any atom is 0.407 e. The fraction of sp³-hybridized carbons (Fsp3) is 0.650. The van der Waals surface area contributed by atoms with Crippen LogP contribution in [0.5, 0.6) is 5.75 Å². The molecule has 1 aromatic carbocycles. The summed E-state index contributed by atoms with van der Waals surface area (Å²) < 4.78 is 10.6. The molecule has 0 aliphatic heterocycles. The third-order valence-electron chi connectivity index (χ3n) is 5.64. The van der Waals surface area contributed by atoms with Gasteiger partial charge >= 0.3 is 6.09 Å². The summed E-state index contributed by atoms with van der Waals surface area (Å²) in [5.41, 5.74) is 1.20. The van der Waals surface area contributed by atoms with E-state index in [-0.39, 0.29) is 17.6 Å². The van der Waals surface area contributed by atoms with Gasteiger partial charge in [0.1, 0.15) is 11.4 Å². The second-order valence-corrected chi connectivity index (χ2v) is 8.27. The lowest BCUT2D eigenvalue weighted by Crippen LogP contribution is -2.64. The number of hydrogen-bond acceptors (Lipinski definition) is 3. The summed E-state index contributed by atoms with van der Waals surface area (Å²) in [5, 5.41) is 3.12. The first-order valence-electron chi connectivity index (χ1n) is 8.95. The van der Waals surface area contributed by atoms with Crippen LogP contribution in [0.2, 0.25) is 0 Å². The molecule has 4 nitrogen and oxygen atoms in total. The number of alkyl carbamates (subject to hydrolysis) is 1.